The Bertz CT molecular complexity index is 1100. The highest BCUT2D eigenvalue weighted by molar-refractivity contribution is 7.92. The normalized spacial score (nSPS) is 19.0. The van der Waals surface area contributed by atoms with Crippen LogP contribution in [0.2, 0.25) is 5.02 Å². The molecule has 0 bridgehead atoms. The minimum absolute atomic E-state index is 0.0447. The van der Waals surface area contributed by atoms with Crippen LogP contribution in [0.25, 0.3) is 0 Å². The molecule has 1 atom stereocenters. The van der Waals surface area contributed by atoms with Crippen LogP contribution in [0, 0.1) is 0 Å². The second-order valence-corrected chi connectivity index (χ2v) is 11.0. The summed E-state index contributed by atoms with van der Waals surface area (Å²) in [7, 11) is -7.59. The van der Waals surface area contributed by atoms with Crippen molar-refractivity contribution in [2.45, 2.75) is 23.9 Å². The maximum absolute atomic E-state index is 13.4. The molecule has 2 aromatic carbocycles. The van der Waals surface area contributed by atoms with E-state index in [0.717, 1.165) is 10.4 Å². The van der Waals surface area contributed by atoms with E-state index in [1.165, 1.54) is 12.1 Å². The number of hydrogen-bond donors (Lipinski definition) is 1. The van der Waals surface area contributed by atoms with Gasteiger partial charge in [-0.2, -0.15) is 4.31 Å². The number of rotatable bonds is 6. The lowest BCUT2D eigenvalue weighted by Gasteiger charge is -2.28. The summed E-state index contributed by atoms with van der Waals surface area (Å²) in [4.78, 5) is 10.9. The van der Waals surface area contributed by atoms with Gasteiger partial charge in [0, 0.05) is 12.6 Å². The Morgan fingerprint density at radius 3 is 2.43 bits per heavy atom. The van der Waals surface area contributed by atoms with Crippen molar-refractivity contribution in [3.05, 3.63) is 64.7 Å². The Kier molecular flexibility index (Phi) is 5.81. The van der Waals surface area contributed by atoms with Crippen LogP contribution in [0.4, 0.5) is 0 Å². The Morgan fingerprint density at radius 1 is 1.18 bits per heavy atom. The van der Waals surface area contributed by atoms with Gasteiger partial charge in [-0.1, -0.05) is 41.9 Å². The first-order chi connectivity index (χ1) is 13.1. The number of aromatic carboxylic acids is 1. The number of sulfone groups is 1. The van der Waals surface area contributed by atoms with E-state index in [1.807, 2.05) is 0 Å². The highest BCUT2D eigenvalue weighted by Gasteiger charge is 2.39. The summed E-state index contributed by atoms with van der Waals surface area (Å²) in [6.07, 6.45) is 0.171. The summed E-state index contributed by atoms with van der Waals surface area (Å²) in [5.41, 5.74) is 0.461. The van der Waals surface area contributed by atoms with Crippen molar-refractivity contribution in [1.29, 1.82) is 0 Å². The molecule has 0 saturated carbocycles. The summed E-state index contributed by atoms with van der Waals surface area (Å²) in [6, 6.07) is 11.4. The number of nitrogens with zero attached hydrogens (tertiary/aromatic N) is 1. The average Bonchev–Trinajstić information content (AvgIpc) is 2.99. The van der Waals surface area contributed by atoms with Crippen molar-refractivity contribution in [1.82, 2.24) is 4.31 Å². The van der Waals surface area contributed by atoms with E-state index < -0.39 is 31.9 Å². The average molecular weight is 444 g/mol. The topological polar surface area (TPSA) is 109 Å². The molecule has 1 heterocycles. The summed E-state index contributed by atoms with van der Waals surface area (Å²) in [5, 5.41) is 9.07. The molecule has 0 unspecified atom stereocenters. The predicted molar refractivity (Wildman–Crippen MR) is 105 cm³/mol. The summed E-state index contributed by atoms with van der Waals surface area (Å²) in [5.74, 6) is -1.66. The van der Waals surface area contributed by atoms with E-state index in [4.69, 9.17) is 11.6 Å². The van der Waals surface area contributed by atoms with Crippen molar-refractivity contribution in [2.24, 2.45) is 0 Å². The molecular weight excluding hydrogens is 426 g/mol. The van der Waals surface area contributed by atoms with E-state index in [1.54, 1.807) is 30.3 Å². The van der Waals surface area contributed by atoms with Crippen LogP contribution in [0.1, 0.15) is 22.3 Å². The maximum atomic E-state index is 13.4. The molecule has 1 aliphatic rings. The number of carboxylic acid groups (broad SMARTS) is 1. The van der Waals surface area contributed by atoms with Gasteiger partial charge >= 0.3 is 5.97 Å². The Hall–Kier alpha value is -1.94. The first-order valence-electron chi connectivity index (χ1n) is 8.39. The zero-order valence-corrected chi connectivity index (χ0v) is 17.0. The van der Waals surface area contributed by atoms with E-state index in [0.29, 0.717) is 5.56 Å². The van der Waals surface area contributed by atoms with Gasteiger partial charge in [-0.3, -0.25) is 0 Å². The van der Waals surface area contributed by atoms with E-state index in [2.05, 4.69) is 0 Å². The molecule has 10 heteroatoms. The molecule has 0 amide bonds. The van der Waals surface area contributed by atoms with Gasteiger partial charge in [0.2, 0.25) is 10.0 Å². The quantitative estimate of drug-likeness (QED) is 0.734. The number of halogens is 1. The molecule has 150 valence electrons. The second kappa shape index (κ2) is 7.82. The standard InChI is InChI=1S/C18H18ClNO6S2/c19-16-7-6-14(18(21)22)10-17(16)28(25,26)20(11-13-4-2-1-3-5-13)15-8-9-27(23,24)12-15/h1-7,10,15H,8-9,11-12H2,(H,21,22)/t15-/m1/s1. The van der Waals surface area contributed by atoms with Gasteiger partial charge in [-0.25, -0.2) is 21.6 Å². The van der Waals surface area contributed by atoms with Crippen LogP contribution in [0.5, 0.6) is 0 Å². The number of carboxylic acids is 1. The van der Waals surface area contributed by atoms with Gasteiger partial charge in [-0.15, -0.1) is 0 Å². The van der Waals surface area contributed by atoms with E-state index >= 15 is 0 Å². The Labute approximate surface area is 168 Å². The molecule has 0 spiro atoms. The number of hydrogen-bond acceptors (Lipinski definition) is 5. The monoisotopic (exact) mass is 443 g/mol. The van der Waals surface area contributed by atoms with Crippen LogP contribution in [0.3, 0.4) is 0 Å². The first kappa shape index (κ1) is 20.8. The third-order valence-electron chi connectivity index (χ3n) is 4.56. The predicted octanol–water partition coefficient (Wildman–Crippen LogP) is 2.42. The third kappa shape index (κ3) is 4.38. The lowest BCUT2D eigenvalue weighted by molar-refractivity contribution is 0.0696. The minimum Gasteiger partial charge on any atom is -0.478 e. The molecule has 3 rings (SSSR count). The molecule has 0 radical (unpaired) electrons. The van der Waals surface area contributed by atoms with Crippen LogP contribution >= 0.6 is 11.6 Å². The zero-order valence-electron chi connectivity index (χ0n) is 14.7. The number of benzene rings is 2. The van der Waals surface area contributed by atoms with Gasteiger partial charge in [0.1, 0.15) is 4.90 Å². The summed E-state index contributed by atoms with van der Waals surface area (Å²) < 4.78 is 51.8. The van der Waals surface area contributed by atoms with Gasteiger partial charge in [0.25, 0.3) is 0 Å². The van der Waals surface area contributed by atoms with Crippen molar-refractivity contribution in [3.8, 4) is 0 Å². The first-order valence-corrected chi connectivity index (χ1v) is 12.0. The highest BCUT2D eigenvalue weighted by Crippen LogP contribution is 2.31. The second-order valence-electron chi connectivity index (χ2n) is 6.54. The number of sulfonamides is 1. The van der Waals surface area contributed by atoms with E-state index in [-0.39, 0.29) is 40.0 Å². The SMILES string of the molecule is O=C(O)c1ccc(Cl)c(S(=O)(=O)N(Cc2ccccc2)[C@@H]2CCS(=O)(=O)C2)c1. The smallest absolute Gasteiger partial charge is 0.335 e. The summed E-state index contributed by atoms with van der Waals surface area (Å²) >= 11 is 6.08. The molecule has 0 aromatic heterocycles. The van der Waals surface area contributed by atoms with Gasteiger partial charge < -0.3 is 5.11 Å². The van der Waals surface area contributed by atoms with Crippen LogP contribution < -0.4 is 0 Å². The molecule has 0 aliphatic carbocycles. The molecule has 1 N–H and O–H groups in total. The van der Waals surface area contributed by atoms with Crippen molar-refractivity contribution in [3.63, 3.8) is 0 Å². The molecule has 28 heavy (non-hydrogen) atoms. The highest BCUT2D eigenvalue weighted by atomic mass is 35.5. The maximum Gasteiger partial charge on any atom is 0.335 e. The third-order valence-corrected chi connectivity index (χ3v) is 8.69. The van der Waals surface area contributed by atoms with Crippen molar-refractivity contribution in [2.75, 3.05) is 11.5 Å². The molecule has 2 aromatic rings. The van der Waals surface area contributed by atoms with Crippen LogP contribution in [0.15, 0.2) is 53.4 Å². The van der Waals surface area contributed by atoms with Crippen molar-refractivity contribution >= 4 is 37.4 Å². The molecule has 1 saturated heterocycles. The fourth-order valence-electron chi connectivity index (χ4n) is 3.14. The molecular formula is C18H18ClNO6S2. The van der Waals surface area contributed by atoms with Gasteiger partial charge in [0.15, 0.2) is 9.84 Å². The largest absolute Gasteiger partial charge is 0.478 e. The molecule has 7 nitrogen and oxygen atoms in total. The van der Waals surface area contributed by atoms with Gasteiger partial charge in [0.05, 0.1) is 22.1 Å². The zero-order chi connectivity index (χ0) is 20.5. The van der Waals surface area contributed by atoms with Gasteiger partial charge in [-0.05, 0) is 30.2 Å². The van der Waals surface area contributed by atoms with Crippen LogP contribution in [-0.4, -0.2) is 49.8 Å². The molecule has 1 fully saturated rings. The van der Waals surface area contributed by atoms with E-state index in [9.17, 15) is 26.7 Å². The lowest BCUT2D eigenvalue weighted by Crippen LogP contribution is -2.40. The van der Waals surface area contributed by atoms with Crippen LogP contribution in [-0.2, 0) is 26.4 Å². The minimum atomic E-state index is -4.25. The molecule has 1 aliphatic heterocycles. The Balaban J connectivity index is 2.08. The Morgan fingerprint density at radius 2 is 1.86 bits per heavy atom. The summed E-state index contributed by atoms with van der Waals surface area (Å²) in [6.45, 7) is -0.0447. The number of carbonyl (C=O) groups is 1. The fourth-order valence-corrected chi connectivity index (χ4v) is 7.11. The van der Waals surface area contributed by atoms with Crippen molar-refractivity contribution < 1.29 is 26.7 Å². The lowest BCUT2D eigenvalue weighted by atomic mass is 10.2. The fraction of sp³-hybridized carbons (Fsp3) is 0.278.